The third-order valence-corrected chi connectivity index (χ3v) is 7.60. The van der Waals surface area contributed by atoms with E-state index in [-0.39, 0.29) is 0 Å². The normalized spacial score (nSPS) is 12.4. The van der Waals surface area contributed by atoms with Crippen molar-refractivity contribution in [3.63, 3.8) is 0 Å². The van der Waals surface area contributed by atoms with E-state index in [4.69, 9.17) is 0 Å². The number of fused-ring (bicyclic) bond motifs is 6. The van der Waals surface area contributed by atoms with Crippen molar-refractivity contribution < 1.29 is 0 Å². The first kappa shape index (κ1) is 20.3. The van der Waals surface area contributed by atoms with Gasteiger partial charge in [-0.05, 0) is 81.6 Å². The molecule has 1 aromatic heterocycles. The van der Waals surface area contributed by atoms with E-state index in [2.05, 4.69) is 128 Å². The molecule has 0 saturated heterocycles. The van der Waals surface area contributed by atoms with Crippen molar-refractivity contribution in [3.05, 3.63) is 126 Å². The molecule has 0 fully saturated rings. The van der Waals surface area contributed by atoms with Crippen LogP contribution in [0, 0.1) is 0 Å². The third kappa shape index (κ3) is 3.08. The second-order valence-corrected chi connectivity index (χ2v) is 10.0. The predicted molar refractivity (Wildman–Crippen MR) is 149 cm³/mol. The van der Waals surface area contributed by atoms with Gasteiger partial charge in [0.05, 0.1) is 11.0 Å². The zero-order valence-corrected chi connectivity index (χ0v) is 20.1. The van der Waals surface area contributed by atoms with Crippen LogP contribution in [0.1, 0.15) is 36.5 Å². The van der Waals surface area contributed by atoms with Crippen LogP contribution in [-0.4, -0.2) is 4.57 Å². The lowest BCUT2D eigenvalue weighted by molar-refractivity contribution is 0.854. The van der Waals surface area contributed by atoms with Crippen LogP contribution in [0.3, 0.4) is 0 Å². The van der Waals surface area contributed by atoms with Gasteiger partial charge in [0.25, 0.3) is 0 Å². The number of hydrogen-bond donors (Lipinski definition) is 0. The Bertz CT molecular complexity index is 1750. The van der Waals surface area contributed by atoms with Crippen molar-refractivity contribution in [2.45, 2.75) is 26.2 Å². The summed E-state index contributed by atoms with van der Waals surface area (Å²) in [7, 11) is 0. The van der Waals surface area contributed by atoms with Crippen molar-refractivity contribution in [2.75, 3.05) is 0 Å². The highest BCUT2D eigenvalue weighted by atomic mass is 15.0. The summed E-state index contributed by atoms with van der Waals surface area (Å²) in [5, 5.41) is 2.60. The fourth-order valence-corrected chi connectivity index (χ4v) is 5.89. The fourth-order valence-electron chi connectivity index (χ4n) is 5.89. The standard InChI is InChI=1S/C34H27N/c1-22(2)27-10-5-7-13-32(27)35-33-14-8-6-12-29(33)31-21-24(17-18-34(31)35)23-15-16-26-19-25-9-3-4-11-28(25)30(26)20-23/h3-18,20-22H,19H2,1-2H3. The van der Waals surface area contributed by atoms with Crippen LogP contribution in [0.5, 0.6) is 0 Å². The van der Waals surface area contributed by atoms with E-state index in [1.165, 1.54) is 66.4 Å². The lowest BCUT2D eigenvalue weighted by Gasteiger charge is -2.16. The molecule has 0 unspecified atom stereocenters. The molecule has 1 heterocycles. The zero-order chi connectivity index (χ0) is 23.5. The second-order valence-electron chi connectivity index (χ2n) is 10.0. The number of benzene rings is 5. The molecule has 1 nitrogen and oxygen atoms in total. The van der Waals surface area contributed by atoms with Gasteiger partial charge in [0.2, 0.25) is 0 Å². The van der Waals surface area contributed by atoms with Gasteiger partial charge in [0, 0.05) is 16.5 Å². The number of hydrogen-bond acceptors (Lipinski definition) is 0. The Balaban J connectivity index is 1.45. The minimum Gasteiger partial charge on any atom is -0.309 e. The van der Waals surface area contributed by atoms with E-state index in [9.17, 15) is 0 Å². The summed E-state index contributed by atoms with van der Waals surface area (Å²) < 4.78 is 2.45. The lowest BCUT2D eigenvalue weighted by Crippen LogP contribution is -2.00. The summed E-state index contributed by atoms with van der Waals surface area (Å²) in [4.78, 5) is 0. The van der Waals surface area contributed by atoms with Gasteiger partial charge >= 0.3 is 0 Å². The smallest absolute Gasteiger partial charge is 0.0541 e. The SMILES string of the molecule is CC(C)c1ccccc1-n1c2ccccc2c2cc(-c3ccc4c(c3)-c3ccccc3C4)ccc21. The first-order valence-electron chi connectivity index (χ1n) is 12.5. The second kappa shape index (κ2) is 7.71. The summed E-state index contributed by atoms with van der Waals surface area (Å²) in [6.07, 6.45) is 1.04. The fraction of sp³-hybridized carbons (Fsp3) is 0.118. The minimum atomic E-state index is 0.455. The molecular formula is C34H27N. The van der Waals surface area contributed by atoms with Crippen LogP contribution >= 0.6 is 0 Å². The zero-order valence-electron chi connectivity index (χ0n) is 20.1. The molecule has 1 aliphatic rings. The van der Waals surface area contributed by atoms with Crippen molar-refractivity contribution in [2.24, 2.45) is 0 Å². The summed E-state index contributed by atoms with van der Waals surface area (Å²) in [5.74, 6) is 0.455. The molecule has 0 amide bonds. The van der Waals surface area contributed by atoms with Crippen LogP contribution in [0.2, 0.25) is 0 Å². The maximum atomic E-state index is 2.45. The Kier molecular flexibility index (Phi) is 4.47. The van der Waals surface area contributed by atoms with Crippen LogP contribution in [0.15, 0.2) is 109 Å². The quantitative estimate of drug-likeness (QED) is 0.253. The molecule has 35 heavy (non-hydrogen) atoms. The Morgan fingerprint density at radius 1 is 0.571 bits per heavy atom. The molecule has 0 bridgehead atoms. The molecule has 1 heteroatoms. The summed E-state index contributed by atoms with van der Waals surface area (Å²) in [5.41, 5.74) is 13.3. The number of para-hydroxylation sites is 2. The largest absolute Gasteiger partial charge is 0.309 e. The molecule has 1 aliphatic carbocycles. The van der Waals surface area contributed by atoms with E-state index in [0.29, 0.717) is 5.92 Å². The average Bonchev–Trinajstić information content (AvgIpc) is 3.43. The summed E-state index contributed by atoms with van der Waals surface area (Å²) >= 11 is 0. The predicted octanol–water partition coefficient (Wildman–Crippen LogP) is 9.15. The number of rotatable bonds is 3. The highest BCUT2D eigenvalue weighted by Gasteiger charge is 2.19. The van der Waals surface area contributed by atoms with Crippen molar-refractivity contribution in [3.8, 4) is 27.9 Å². The van der Waals surface area contributed by atoms with Gasteiger partial charge in [-0.25, -0.2) is 0 Å². The van der Waals surface area contributed by atoms with Crippen molar-refractivity contribution in [1.82, 2.24) is 4.57 Å². The molecule has 0 atom stereocenters. The molecule has 5 aromatic carbocycles. The van der Waals surface area contributed by atoms with Crippen LogP contribution < -0.4 is 0 Å². The van der Waals surface area contributed by atoms with E-state index < -0.39 is 0 Å². The monoisotopic (exact) mass is 449 g/mol. The maximum Gasteiger partial charge on any atom is 0.0541 e. The molecule has 7 rings (SSSR count). The Morgan fingerprint density at radius 2 is 1.26 bits per heavy atom. The highest BCUT2D eigenvalue weighted by molar-refractivity contribution is 6.10. The summed E-state index contributed by atoms with van der Waals surface area (Å²) in [6, 6.07) is 40.4. The molecule has 0 N–H and O–H groups in total. The number of aromatic nitrogens is 1. The maximum absolute atomic E-state index is 2.45. The van der Waals surface area contributed by atoms with Crippen LogP contribution in [0.25, 0.3) is 49.7 Å². The molecular weight excluding hydrogens is 422 g/mol. The number of nitrogens with zero attached hydrogens (tertiary/aromatic N) is 1. The topological polar surface area (TPSA) is 4.93 Å². The molecule has 0 saturated carbocycles. The van der Waals surface area contributed by atoms with E-state index in [0.717, 1.165) is 6.42 Å². The first-order valence-corrected chi connectivity index (χ1v) is 12.5. The third-order valence-electron chi connectivity index (χ3n) is 7.60. The first-order chi connectivity index (χ1) is 17.2. The van der Waals surface area contributed by atoms with Gasteiger partial charge in [-0.15, -0.1) is 0 Å². The Morgan fingerprint density at radius 3 is 2.17 bits per heavy atom. The molecule has 0 spiro atoms. The molecule has 0 aliphatic heterocycles. The van der Waals surface area contributed by atoms with Crippen LogP contribution in [0.4, 0.5) is 0 Å². The van der Waals surface area contributed by atoms with E-state index in [1.54, 1.807) is 0 Å². The molecule has 0 radical (unpaired) electrons. The lowest BCUT2D eigenvalue weighted by atomic mass is 9.97. The highest BCUT2D eigenvalue weighted by Crippen LogP contribution is 2.40. The van der Waals surface area contributed by atoms with Gasteiger partial charge in [-0.1, -0.05) is 92.7 Å². The van der Waals surface area contributed by atoms with E-state index in [1.807, 2.05) is 0 Å². The van der Waals surface area contributed by atoms with Gasteiger partial charge in [-0.3, -0.25) is 0 Å². The molecule has 168 valence electrons. The van der Waals surface area contributed by atoms with Gasteiger partial charge in [0.15, 0.2) is 0 Å². The van der Waals surface area contributed by atoms with Gasteiger partial charge in [0.1, 0.15) is 0 Å². The average molecular weight is 450 g/mol. The Labute approximate surface area is 206 Å². The van der Waals surface area contributed by atoms with Crippen molar-refractivity contribution >= 4 is 21.8 Å². The van der Waals surface area contributed by atoms with Gasteiger partial charge in [-0.2, -0.15) is 0 Å². The van der Waals surface area contributed by atoms with E-state index >= 15 is 0 Å². The van der Waals surface area contributed by atoms with Crippen molar-refractivity contribution in [1.29, 1.82) is 0 Å². The molecule has 6 aromatic rings. The Hall–Kier alpha value is -4.10. The minimum absolute atomic E-state index is 0.455. The van der Waals surface area contributed by atoms with Gasteiger partial charge < -0.3 is 4.57 Å². The van der Waals surface area contributed by atoms with Crippen LogP contribution in [-0.2, 0) is 6.42 Å². The summed E-state index contributed by atoms with van der Waals surface area (Å²) in [6.45, 7) is 4.55.